The molecule has 0 spiro atoms. The Morgan fingerprint density at radius 2 is 1.84 bits per heavy atom. The summed E-state index contributed by atoms with van der Waals surface area (Å²) >= 11 is 6.04. The van der Waals surface area contributed by atoms with E-state index in [1.807, 2.05) is 56.3 Å². The zero-order valence-electron chi connectivity index (χ0n) is 18.4. The second-order valence-electron chi connectivity index (χ2n) is 8.12. The van der Waals surface area contributed by atoms with E-state index in [9.17, 15) is 10.1 Å². The first-order chi connectivity index (χ1) is 15.5. The molecule has 2 aliphatic rings. The van der Waals surface area contributed by atoms with Crippen molar-refractivity contribution in [2.45, 2.75) is 38.5 Å². The van der Waals surface area contributed by atoms with Gasteiger partial charge in [-0.3, -0.25) is 9.79 Å². The number of methoxy groups -OCH3 is 1. The maximum absolute atomic E-state index is 13.4. The van der Waals surface area contributed by atoms with Gasteiger partial charge in [0.15, 0.2) is 17.3 Å². The van der Waals surface area contributed by atoms with Crippen LogP contribution in [0, 0.1) is 17.2 Å². The van der Waals surface area contributed by atoms with E-state index in [0.29, 0.717) is 41.5 Å². The van der Waals surface area contributed by atoms with Gasteiger partial charge in [-0.15, -0.1) is 0 Å². The van der Waals surface area contributed by atoms with Crippen molar-refractivity contribution in [1.29, 1.82) is 5.26 Å². The lowest BCUT2D eigenvalue weighted by atomic mass is 9.69. The summed E-state index contributed by atoms with van der Waals surface area (Å²) in [5.41, 5.74) is 4.09. The summed E-state index contributed by atoms with van der Waals surface area (Å²) in [4.78, 5) is 18.2. The molecule has 0 bridgehead atoms. The van der Waals surface area contributed by atoms with Crippen LogP contribution in [0.3, 0.4) is 0 Å². The van der Waals surface area contributed by atoms with Gasteiger partial charge in [-0.25, -0.2) is 0 Å². The Hall–Kier alpha value is -3.10. The summed E-state index contributed by atoms with van der Waals surface area (Å²) in [5.74, 6) is 0.430. The number of hydrogen-bond acceptors (Lipinski definition) is 5. The quantitative estimate of drug-likeness (QED) is 0.575. The Morgan fingerprint density at radius 3 is 2.50 bits per heavy atom. The van der Waals surface area contributed by atoms with E-state index in [1.54, 1.807) is 7.11 Å². The zero-order valence-corrected chi connectivity index (χ0v) is 19.1. The first-order valence-corrected chi connectivity index (χ1v) is 11.1. The number of nitriles is 1. The van der Waals surface area contributed by atoms with Gasteiger partial charge >= 0.3 is 0 Å². The van der Waals surface area contributed by atoms with Crippen LogP contribution in [-0.2, 0) is 4.79 Å². The number of carbonyl (C=O) groups excluding carboxylic acids is 1. The lowest BCUT2D eigenvalue weighted by Gasteiger charge is -2.35. The highest BCUT2D eigenvalue weighted by molar-refractivity contribution is 6.30. The molecule has 164 valence electrons. The molecule has 0 radical (unpaired) electrons. The molecule has 5 nitrogen and oxygen atoms in total. The maximum Gasteiger partial charge on any atom is 0.161 e. The Labute approximate surface area is 193 Å². The van der Waals surface area contributed by atoms with Crippen molar-refractivity contribution in [3.05, 3.63) is 69.9 Å². The molecule has 2 aromatic rings. The fourth-order valence-corrected chi connectivity index (χ4v) is 4.84. The Bertz CT molecular complexity index is 1140. The molecule has 4 rings (SSSR count). The Morgan fingerprint density at radius 1 is 1.12 bits per heavy atom. The summed E-state index contributed by atoms with van der Waals surface area (Å²) in [5, 5.41) is 10.6. The lowest BCUT2D eigenvalue weighted by molar-refractivity contribution is -0.116. The summed E-state index contributed by atoms with van der Waals surface area (Å²) in [6, 6.07) is 15.7. The highest BCUT2D eigenvalue weighted by atomic mass is 35.5. The molecule has 1 aliphatic heterocycles. The van der Waals surface area contributed by atoms with E-state index in [2.05, 4.69) is 6.07 Å². The van der Waals surface area contributed by atoms with Crippen molar-refractivity contribution < 1.29 is 14.3 Å². The predicted molar refractivity (Wildman–Crippen MR) is 125 cm³/mol. The fourth-order valence-electron chi connectivity index (χ4n) is 4.71. The third-order valence-corrected chi connectivity index (χ3v) is 6.47. The van der Waals surface area contributed by atoms with Crippen LogP contribution in [0.25, 0.3) is 0 Å². The van der Waals surface area contributed by atoms with Crippen LogP contribution in [0.15, 0.2) is 58.7 Å². The molecule has 2 aromatic carbocycles. The van der Waals surface area contributed by atoms with E-state index in [-0.39, 0.29) is 17.6 Å². The van der Waals surface area contributed by atoms with Gasteiger partial charge in [0, 0.05) is 34.3 Å². The fraction of sp³-hybridized carbons (Fsp3) is 0.346. The molecule has 1 heterocycles. The number of nitrogens with zero attached hydrogens (tertiary/aromatic N) is 2. The molecule has 1 unspecified atom stereocenters. The summed E-state index contributed by atoms with van der Waals surface area (Å²) in [6.07, 6.45) is 1.04. The molecule has 0 saturated heterocycles. The van der Waals surface area contributed by atoms with Crippen molar-refractivity contribution in [2.24, 2.45) is 10.9 Å². The van der Waals surface area contributed by atoms with Crippen LogP contribution in [0.5, 0.6) is 11.5 Å². The normalized spacial score (nSPS) is 22.7. The van der Waals surface area contributed by atoms with E-state index >= 15 is 0 Å². The van der Waals surface area contributed by atoms with Gasteiger partial charge in [0.25, 0.3) is 0 Å². The SMILES string of the molecule is CCOc1ccc([C@H]2C3=C(C[C@@H](c4ccc(Cl)cc4)CC3=O)N=C(C)C2C#N)cc1OC. The topological polar surface area (TPSA) is 71.7 Å². The second-order valence-corrected chi connectivity index (χ2v) is 8.56. The van der Waals surface area contributed by atoms with Crippen LogP contribution in [0.4, 0.5) is 0 Å². The zero-order chi connectivity index (χ0) is 22.8. The number of ether oxygens (including phenoxy) is 2. The van der Waals surface area contributed by atoms with Gasteiger partial charge in [0.2, 0.25) is 0 Å². The highest BCUT2D eigenvalue weighted by Crippen LogP contribution is 2.47. The van der Waals surface area contributed by atoms with Crippen molar-refractivity contribution in [2.75, 3.05) is 13.7 Å². The van der Waals surface area contributed by atoms with Crippen molar-refractivity contribution in [1.82, 2.24) is 0 Å². The van der Waals surface area contributed by atoms with Crippen LogP contribution >= 0.6 is 11.6 Å². The van der Waals surface area contributed by atoms with Crippen LogP contribution < -0.4 is 9.47 Å². The predicted octanol–water partition coefficient (Wildman–Crippen LogP) is 5.85. The van der Waals surface area contributed by atoms with Crippen molar-refractivity contribution >= 4 is 23.1 Å². The number of Topliss-reactive ketones (excluding diaryl/α,β-unsaturated/α-hetero) is 1. The number of hydrogen-bond donors (Lipinski definition) is 0. The van der Waals surface area contributed by atoms with Gasteiger partial charge in [0.1, 0.15) is 0 Å². The number of halogens is 1. The van der Waals surface area contributed by atoms with E-state index in [1.165, 1.54) is 0 Å². The van der Waals surface area contributed by atoms with E-state index < -0.39 is 5.92 Å². The first-order valence-electron chi connectivity index (χ1n) is 10.7. The van der Waals surface area contributed by atoms with Crippen LogP contribution in [0.2, 0.25) is 5.02 Å². The molecule has 1 aliphatic carbocycles. The van der Waals surface area contributed by atoms with Crippen LogP contribution in [0.1, 0.15) is 49.7 Å². The largest absolute Gasteiger partial charge is 0.493 e. The number of allylic oxidation sites excluding steroid dienone is 2. The monoisotopic (exact) mass is 448 g/mol. The molecule has 6 heteroatoms. The minimum absolute atomic E-state index is 0.0422. The molecular weight excluding hydrogens is 424 g/mol. The molecule has 32 heavy (non-hydrogen) atoms. The molecule has 3 atom stereocenters. The van der Waals surface area contributed by atoms with Gasteiger partial charge in [-0.1, -0.05) is 29.8 Å². The third-order valence-electron chi connectivity index (χ3n) is 6.22. The van der Waals surface area contributed by atoms with E-state index in [4.69, 9.17) is 26.1 Å². The molecule has 0 saturated carbocycles. The van der Waals surface area contributed by atoms with Gasteiger partial charge in [-0.05, 0) is 61.6 Å². The highest BCUT2D eigenvalue weighted by Gasteiger charge is 2.41. The molecule has 0 N–H and O–H groups in total. The third kappa shape index (κ3) is 4.03. The minimum atomic E-state index is -0.507. The smallest absolute Gasteiger partial charge is 0.161 e. The Balaban J connectivity index is 1.77. The lowest BCUT2D eigenvalue weighted by Crippen LogP contribution is -2.32. The number of carbonyl (C=O) groups is 1. The molecule has 0 fully saturated rings. The molecular formula is C26H25ClN2O3. The van der Waals surface area contributed by atoms with Crippen molar-refractivity contribution in [3.63, 3.8) is 0 Å². The average Bonchev–Trinajstić information content (AvgIpc) is 2.79. The van der Waals surface area contributed by atoms with Crippen molar-refractivity contribution in [3.8, 4) is 17.6 Å². The summed E-state index contributed by atoms with van der Waals surface area (Å²) in [7, 11) is 1.59. The van der Waals surface area contributed by atoms with Crippen LogP contribution in [-0.4, -0.2) is 25.2 Å². The first kappa shape index (κ1) is 22.1. The van der Waals surface area contributed by atoms with Gasteiger partial charge < -0.3 is 9.47 Å². The van der Waals surface area contributed by atoms with E-state index in [0.717, 1.165) is 22.5 Å². The molecule has 0 amide bonds. The molecule has 0 aromatic heterocycles. The number of aliphatic imine (C=N–C) groups is 1. The maximum atomic E-state index is 13.4. The minimum Gasteiger partial charge on any atom is -0.493 e. The number of benzene rings is 2. The number of ketones is 1. The standard InChI is InChI=1S/C26H25ClN2O3/c1-4-32-23-10-7-17(13-24(23)31-3)25-20(14-28)15(2)29-21-11-18(12-22(30)26(21)25)16-5-8-19(27)9-6-16/h5-10,13,18,20,25H,4,11-12H2,1-3H3/t18-,20?,25-/m1/s1. The average molecular weight is 449 g/mol. The number of rotatable bonds is 5. The van der Waals surface area contributed by atoms with Gasteiger partial charge in [0.05, 0.1) is 25.7 Å². The summed E-state index contributed by atoms with van der Waals surface area (Å²) in [6.45, 7) is 4.30. The Kier molecular flexibility index (Phi) is 6.34. The summed E-state index contributed by atoms with van der Waals surface area (Å²) < 4.78 is 11.2. The second kappa shape index (κ2) is 9.18. The van der Waals surface area contributed by atoms with Gasteiger partial charge in [-0.2, -0.15) is 5.26 Å².